The Kier molecular flexibility index (Phi) is 4.63. The van der Waals surface area contributed by atoms with Crippen molar-refractivity contribution < 1.29 is 0 Å². The third-order valence-electron chi connectivity index (χ3n) is 5.39. The Morgan fingerprint density at radius 1 is 1.14 bits per heavy atom. The third-order valence-corrected chi connectivity index (χ3v) is 5.39. The number of hydrogen-bond donors (Lipinski definition) is 1. The van der Waals surface area contributed by atoms with Gasteiger partial charge in [-0.25, -0.2) is 0 Å². The first-order chi connectivity index (χ1) is 10.1. The molecule has 1 atom stereocenters. The van der Waals surface area contributed by atoms with Crippen LogP contribution in [0.5, 0.6) is 0 Å². The molecule has 1 saturated heterocycles. The van der Waals surface area contributed by atoms with Crippen molar-refractivity contribution in [2.24, 2.45) is 0 Å². The molecular weight excluding hydrogens is 258 g/mol. The molecule has 0 radical (unpaired) electrons. The summed E-state index contributed by atoms with van der Waals surface area (Å²) in [7, 11) is 4.49. The lowest BCUT2D eigenvalue weighted by Crippen LogP contribution is -2.55. The van der Waals surface area contributed by atoms with Gasteiger partial charge in [-0.1, -0.05) is 24.3 Å². The smallest absolute Gasteiger partial charge is 0.0345 e. The quantitative estimate of drug-likeness (QED) is 0.915. The molecule has 1 N–H and O–H groups in total. The Morgan fingerprint density at radius 3 is 2.67 bits per heavy atom. The number of benzene rings is 1. The number of aryl methyl sites for hydroxylation is 1. The van der Waals surface area contributed by atoms with E-state index in [1.165, 1.54) is 38.0 Å². The van der Waals surface area contributed by atoms with Crippen molar-refractivity contribution in [1.29, 1.82) is 0 Å². The summed E-state index contributed by atoms with van der Waals surface area (Å²) in [4.78, 5) is 4.95. The summed E-state index contributed by atoms with van der Waals surface area (Å²) in [6.07, 6.45) is 2.61. The van der Waals surface area contributed by atoms with Crippen LogP contribution in [0.2, 0.25) is 0 Å². The molecule has 3 nitrogen and oxygen atoms in total. The summed E-state index contributed by atoms with van der Waals surface area (Å²) in [5, 5.41) is 3.79. The molecule has 2 aliphatic rings. The Balaban J connectivity index is 1.44. The minimum atomic E-state index is 0.668. The molecule has 116 valence electrons. The highest BCUT2D eigenvalue weighted by molar-refractivity contribution is 5.31. The molecule has 1 aliphatic heterocycles. The van der Waals surface area contributed by atoms with Gasteiger partial charge < -0.3 is 10.2 Å². The van der Waals surface area contributed by atoms with Crippen LogP contribution in [0, 0.1) is 6.92 Å². The molecule has 0 bridgehead atoms. The van der Waals surface area contributed by atoms with Crippen LogP contribution in [0.4, 0.5) is 0 Å². The molecule has 3 heteroatoms. The fourth-order valence-electron chi connectivity index (χ4n) is 3.71. The number of likely N-dealkylation sites (N-methyl/N-ethyl adjacent to an activating group) is 2. The van der Waals surface area contributed by atoms with E-state index >= 15 is 0 Å². The summed E-state index contributed by atoms with van der Waals surface area (Å²) in [6, 6.07) is 10.2. The zero-order valence-electron chi connectivity index (χ0n) is 13.7. The second-order valence-electron chi connectivity index (χ2n) is 7.03. The van der Waals surface area contributed by atoms with Crippen LogP contribution < -0.4 is 5.32 Å². The number of hydrogen-bond acceptors (Lipinski definition) is 3. The summed E-state index contributed by atoms with van der Waals surface area (Å²) in [5.41, 5.74) is 3.01. The average molecular weight is 287 g/mol. The van der Waals surface area contributed by atoms with Gasteiger partial charge in [0.1, 0.15) is 0 Å². The van der Waals surface area contributed by atoms with E-state index in [4.69, 9.17) is 0 Å². The van der Waals surface area contributed by atoms with Crippen LogP contribution in [0.1, 0.15) is 29.9 Å². The Hall–Kier alpha value is -0.900. The number of nitrogens with one attached hydrogen (secondary N) is 1. The van der Waals surface area contributed by atoms with Crippen LogP contribution in [0.15, 0.2) is 24.3 Å². The predicted molar refractivity (Wildman–Crippen MR) is 88.9 cm³/mol. The molecule has 0 amide bonds. The van der Waals surface area contributed by atoms with E-state index in [-0.39, 0.29) is 0 Å². The van der Waals surface area contributed by atoms with E-state index in [9.17, 15) is 0 Å². The average Bonchev–Trinajstić information content (AvgIpc) is 2.42. The van der Waals surface area contributed by atoms with Gasteiger partial charge in [-0.05, 0) is 50.9 Å². The van der Waals surface area contributed by atoms with Gasteiger partial charge >= 0.3 is 0 Å². The molecule has 1 aromatic carbocycles. The van der Waals surface area contributed by atoms with Crippen molar-refractivity contribution in [3.05, 3.63) is 35.4 Å². The monoisotopic (exact) mass is 287 g/mol. The fraction of sp³-hybridized carbons (Fsp3) is 0.667. The molecule has 1 saturated carbocycles. The van der Waals surface area contributed by atoms with Crippen LogP contribution >= 0.6 is 0 Å². The van der Waals surface area contributed by atoms with E-state index in [0.29, 0.717) is 6.04 Å². The topological polar surface area (TPSA) is 18.5 Å². The molecule has 1 aliphatic carbocycles. The minimum absolute atomic E-state index is 0.668. The van der Waals surface area contributed by atoms with Gasteiger partial charge in [-0.15, -0.1) is 0 Å². The first-order valence-electron chi connectivity index (χ1n) is 8.31. The highest BCUT2D eigenvalue weighted by atomic mass is 15.3. The van der Waals surface area contributed by atoms with Gasteiger partial charge in [0.15, 0.2) is 0 Å². The van der Waals surface area contributed by atoms with Gasteiger partial charge in [0, 0.05) is 38.3 Å². The maximum atomic E-state index is 3.79. The molecule has 21 heavy (non-hydrogen) atoms. The molecule has 2 fully saturated rings. The lowest BCUT2D eigenvalue weighted by molar-refractivity contribution is 0.107. The first kappa shape index (κ1) is 15.0. The van der Waals surface area contributed by atoms with Crippen molar-refractivity contribution in [2.75, 3.05) is 40.3 Å². The Labute approximate surface area is 129 Å². The van der Waals surface area contributed by atoms with Gasteiger partial charge in [0.25, 0.3) is 0 Å². The summed E-state index contributed by atoms with van der Waals surface area (Å²) < 4.78 is 0. The van der Waals surface area contributed by atoms with Gasteiger partial charge in [-0.2, -0.15) is 0 Å². The summed E-state index contributed by atoms with van der Waals surface area (Å²) in [6.45, 7) is 6.96. The van der Waals surface area contributed by atoms with Crippen molar-refractivity contribution >= 4 is 0 Å². The maximum absolute atomic E-state index is 3.79. The van der Waals surface area contributed by atoms with Crippen LogP contribution in [0.25, 0.3) is 0 Å². The number of piperazine rings is 1. The number of rotatable bonds is 4. The van der Waals surface area contributed by atoms with E-state index in [0.717, 1.165) is 18.5 Å². The molecule has 1 aromatic rings. The Bertz CT molecular complexity index is 467. The van der Waals surface area contributed by atoms with Crippen molar-refractivity contribution in [3.63, 3.8) is 0 Å². The van der Waals surface area contributed by atoms with E-state index in [1.807, 2.05) is 0 Å². The SMILES string of the molecule is Cc1ccccc1C1CC(NCC2CN(C)CCN2C)C1. The molecule has 1 heterocycles. The molecule has 0 spiro atoms. The zero-order chi connectivity index (χ0) is 14.8. The number of nitrogens with zero attached hydrogens (tertiary/aromatic N) is 2. The third kappa shape index (κ3) is 3.47. The lowest BCUT2D eigenvalue weighted by Gasteiger charge is -2.41. The van der Waals surface area contributed by atoms with Crippen LogP contribution in [0.3, 0.4) is 0 Å². The van der Waals surface area contributed by atoms with Crippen molar-refractivity contribution in [2.45, 2.75) is 37.8 Å². The maximum Gasteiger partial charge on any atom is 0.0345 e. The fourth-order valence-corrected chi connectivity index (χ4v) is 3.71. The second kappa shape index (κ2) is 6.47. The highest BCUT2D eigenvalue weighted by Gasteiger charge is 2.32. The van der Waals surface area contributed by atoms with E-state index in [1.54, 1.807) is 5.56 Å². The molecule has 3 rings (SSSR count). The van der Waals surface area contributed by atoms with Crippen molar-refractivity contribution in [3.8, 4) is 0 Å². The Morgan fingerprint density at radius 2 is 1.90 bits per heavy atom. The lowest BCUT2D eigenvalue weighted by atomic mass is 9.74. The van der Waals surface area contributed by atoms with Gasteiger partial charge in [0.2, 0.25) is 0 Å². The van der Waals surface area contributed by atoms with E-state index < -0.39 is 0 Å². The summed E-state index contributed by atoms with van der Waals surface area (Å²) in [5.74, 6) is 0.774. The minimum Gasteiger partial charge on any atom is -0.312 e. The standard InChI is InChI=1S/C18H29N3/c1-14-6-4-5-7-18(14)15-10-16(11-15)19-12-17-13-20(2)8-9-21(17)3/h4-7,15-17,19H,8-13H2,1-3H3. The molecule has 1 unspecified atom stereocenters. The van der Waals surface area contributed by atoms with Crippen LogP contribution in [-0.4, -0.2) is 62.2 Å². The zero-order valence-corrected chi connectivity index (χ0v) is 13.7. The van der Waals surface area contributed by atoms with Gasteiger partial charge in [-0.3, -0.25) is 4.90 Å². The van der Waals surface area contributed by atoms with E-state index in [2.05, 4.69) is 60.4 Å². The first-order valence-corrected chi connectivity index (χ1v) is 8.31. The molecular formula is C18H29N3. The molecule has 0 aromatic heterocycles. The van der Waals surface area contributed by atoms with Crippen molar-refractivity contribution in [1.82, 2.24) is 15.1 Å². The van der Waals surface area contributed by atoms with Gasteiger partial charge in [0.05, 0.1) is 0 Å². The second-order valence-corrected chi connectivity index (χ2v) is 7.03. The normalized spacial score (nSPS) is 31.1. The summed E-state index contributed by atoms with van der Waals surface area (Å²) >= 11 is 0. The predicted octanol–water partition coefficient (Wildman–Crippen LogP) is 2.08. The van der Waals surface area contributed by atoms with Crippen LogP contribution in [-0.2, 0) is 0 Å². The highest BCUT2D eigenvalue weighted by Crippen LogP contribution is 2.38. The largest absolute Gasteiger partial charge is 0.312 e.